The molecule has 19 heavy (non-hydrogen) atoms. The number of hydrogen-bond donors (Lipinski definition) is 2. The van der Waals surface area contributed by atoms with Crippen LogP contribution in [0.2, 0.25) is 0 Å². The van der Waals surface area contributed by atoms with Crippen LogP contribution in [-0.2, 0) is 14.1 Å². The van der Waals surface area contributed by atoms with Gasteiger partial charge >= 0.3 is 5.69 Å². The first-order valence-corrected chi connectivity index (χ1v) is 6.61. The zero-order valence-electron chi connectivity index (χ0n) is 11.6. The molecule has 1 saturated carbocycles. The Balaban J connectivity index is 2.13. The summed E-state index contributed by atoms with van der Waals surface area (Å²) in [5.41, 5.74) is -0.770. The second kappa shape index (κ2) is 5.56. The Morgan fingerprint density at radius 2 is 1.68 bits per heavy atom. The van der Waals surface area contributed by atoms with Crippen LogP contribution in [0.4, 0.5) is 5.82 Å². The van der Waals surface area contributed by atoms with Gasteiger partial charge in [-0.25, -0.2) is 9.48 Å². The summed E-state index contributed by atoms with van der Waals surface area (Å²) in [6.07, 6.45) is 4.17. The molecule has 1 aliphatic rings. The average molecular weight is 267 g/mol. The molecule has 7 nitrogen and oxygen atoms in total. The predicted molar refractivity (Wildman–Crippen MR) is 73.4 cm³/mol. The summed E-state index contributed by atoms with van der Waals surface area (Å²) in [4.78, 5) is 23.5. The molecule has 0 amide bonds. The van der Waals surface area contributed by atoms with Crippen molar-refractivity contribution in [2.45, 2.75) is 37.8 Å². The molecular weight excluding hydrogens is 246 g/mol. The van der Waals surface area contributed by atoms with E-state index in [9.17, 15) is 9.59 Å². The molecule has 0 radical (unpaired) electrons. The lowest BCUT2D eigenvalue weighted by atomic mass is 9.91. The highest BCUT2D eigenvalue weighted by molar-refractivity contribution is 5.31. The molecule has 1 fully saturated rings. The quantitative estimate of drug-likeness (QED) is 0.766. The van der Waals surface area contributed by atoms with E-state index in [2.05, 4.69) is 15.7 Å². The van der Waals surface area contributed by atoms with Crippen molar-refractivity contribution in [3.8, 4) is 0 Å². The number of nitrogens with zero attached hydrogens (tertiary/aromatic N) is 3. The highest BCUT2D eigenvalue weighted by atomic mass is 16.2. The van der Waals surface area contributed by atoms with E-state index in [-0.39, 0.29) is 17.4 Å². The van der Waals surface area contributed by atoms with Crippen LogP contribution in [0, 0.1) is 0 Å². The minimum atomic E-state index is -0.408. The average Bonchev–Trinajstić information content (AvgIpc) is 2.43. The molecule has 0 saturated heterocycles. The maximum absolute atomic E-state index is 11.9. The normalized spacial score (nSPS) is 23.3. The molecule has 1 aromatic heterocycles. The van der Waals surface area contributed by atoms with Crippen LogP contribution in [0.3, 0.4) is 0 Å². The molecule has 1 heterocycles. The Kier molecular flexibility index (Phi) is 4.04. The van der Waals surface area contributed by atoms with Gasteiger partial charge < -0.3 is 10.6 Å². The first-order chi connectivity index (χ1) is 9.02. The van der Waals surface area contributed by atoms with Gasteiger partial charge in [0.05, 0.1) is 0 Å². The molecule has 7 heteroatoms. The van der Waals surface area contributed by atoms with Gasteiger partial charge in [0.15, 0.2) is 0 Å². The Bertz CT molecular complexity index is 554. The van der Waals surface area contributed by atoms with E-state index in [0.29, 0.717) is 6.04 Å². The van der Waals surface area contributed by atoms with Gasteiger partial charge in [-0.05, 0) is 32.7 Å². The Hall–Kier alpha value is -1.63. The first-order valence-electron chi connectivity index (χ1n) is 6.61. The zero-order valence-corrected chi connectivity index (χ0v) is 11.6. The van der Waals surface area contributed by atoms with E-state index in [0.717, 1.165) is 30.3 Å². The Labute approximate surface area is 111 Å². The van der Waals surface area contributed by atoms with Crippen molar-refractivity contribution in [1.29, 1.82) is 0 Å². The smallest absolute Gasteiger partial charge is 0.346 e. The van der Waals surface area contributed by atoms with Crippen LogP contribution < -0.4 is 21.9 Å². The topological polar surface area (TPSA) is 81.0 Å². The first kappa shape index (κ1) is 13.8. The van der Waals surface area contributed by atoms with E-state index in [1.54, 1.807) is 7.05 Å². The second-order valence-corrected chi connectivity index (χ2v) is 5.10. The number of aryl methyl sites for hydroxylation is 1. The highest BCUT2D eigenvalue weighted by Crippen LogP contribution is 2.20. The van der Waals surface area contributed by atoms with E-state index in [4.69, 9.17) is 0 Å². The summed E-state index contributed by atoms with van der Waals surface area (Å²) in [6, 6.07) is 0.816. The predicted octanol–water partition coefficient (Wildman–Crippen LogP) is -0.578. The molecule has 0 spiro atoms. The van der Waals surface area contributed by atoms with Crippen LogP contribution in [0.1, 0.15) is 25.7 Å². The molecule has 0 atom stereocenters. The molecule has 0 unspecified atom stereocenters. The van der Waals surface area contributed by atoms with Crippen LogP contribution >= 0.6 is 0 Å². The van der Waals surface area contributed by atoms with Crippen molar-refractivity contribution in [2.24, 2.45) is 14.1 Å². The molecule has 1 aromatic rings. The van der Waals surface area contributed by atoms with Gasteiger partial charge in [0.2, 0.25) is 5.82 Å². The van der Waals surface area contributed by atoms with Gasteiger partial charge in [-0.3, -0.25) is 9.36 Å². The third kappa shape index (κ3) is 2.86. The van der Waals surface area contributed by atoms with Gasteiger partial charge in [0, 0.05) is 26.2 Å². The van der Waals surface area contributed by atoms with Gasteiger partial charge in [-0.15, -0.1) is 5.10 Å². The van der Waals surface area contributed by atoms with Crippen molar-refractivity contribution in [1.82, 2.24) is 19.7 Å². The SMILES string of the molecule is CNC1CCC(Nc2nn(C)c(=O)n(C)c2=O)CC1. The molecule has 0 bridgehead atoms. The lowest BCUT2D eigenvalue weighted by Crippen LogP contribution is -2.42. The van der Waals surface area contributed by atoms with E-state index in [1.807, 2.05) is 7.05 Å². The van der Waals surface area contributed by atoms with Crippen molar-refractivity contribution >= 4 is 5.82 Å². The van der Waals surface area contributed by atoms with Crippen LogP contribution in [-0.4, -0.2) is 33.5 Å². The van der Waals surface area contributed by atoms with Crippen LogP contribution in [0.5, 0.6) is 0 Å². The third-order valence-electron chi connectivity index (χ3n) is 3.80. The summed E-state index contributed by atoms with van der Waals surface area (Å²) in [7, 11) is 4.99. The maximum Gasteiger partial charge on any atom is 0.346 e. The standard InChI is InChI=1S/C12H21N5O2/c1-13-8-4-6-9(7-5-8)14-10-11(18)16(2)12(19)17(3)15-10/h8-9,13H,4-7H2,1-3H3,(H,14,15). The van der Waals surface area contributed by atoms with Crippen molar-refractivity contribution in [2.75, 3.05) is 12.4 Å². The molecule has 2 N–H and O–H groups in total. The Morgan fingerprint density at radius 1 is 1.11 bits per heavy atom. The van der Waals surface area contributed by atoms with E-state index >= 15 is 0 Å². The van der Waals surface area contributed by atoms with Crippen LogP contribution in [0.15, 0.2) is 9.59 Å². The minimum Gasteiger partial charge on any atom is -0.361 e. The van der Waals surface area contributed by atoms with Crippen LogP contribution in [0.25, 0.3) is 0 Å². The molecule has 0 aliphatic heterocycles. The second-order valence-electron chi connectivity index (χ2n) is 5.10. The lowest BCUT2D eigenvalue weighted by Gasteiger charge is -2.28. The number of rotatable bonds is 3. The fourth-order valence-corrected chi connectivity index (χ4v) is 2.51. The number of anilines is 1. The van der Waals surface area contributed by atoms with Crippen molar-refractivity contribution < 1.29 is 0 Å². The van der Waals surface area contributed by atoms with Gasteiger partial charge in [-0.1, -0.05) is 0 Å². The fraction of sp³-hybridized carbons (Fsp3) is 0.750. The summed E-state index contributed by atoms with van der Waals surface area (Å²) in [5.74, 6) is 0.262. The molecule has 0 aromatic carbocycles. The van der Waals surface area contributed by atoms with Gasteiger partial charge in [0.25, 0.3) is 5.56 Å². The molecular formula is C12H21N5O2. The molecule has 1 aliphatic carbocycles. The number of aromatic nitrogens is 3. The lowest BCUT2D eigenvalue weighted by molar-refractivity contribution is 0.370. The molecule has 2 rings (SSSR count). The van der Waals surface area contributed by atoms with Gasteiger partial charge in [0.1, 0.15) is 0 Å². The van der Waals surface area contributed by atoms with Crippen molar-refractivity contribution in [3.05, 3.63) is 20.8 Å². The fourth-order valence-electron chi connectivity index (χ4n) is 2.51. The maximum atomic E-state index is 11.9. The number of hydrogen-bond acceptors (Lipinski definition) is 5. The Morgan fingerprint density at radius 3 is 2.26 bits per heavy atom. The number of nitrogens with one attached hydrogen (secondary N) is 2. The van der Waals surface area contributed by atoms with E-state index < -0.39 is 5.69 Å². The summed E-state index contributed by atoms with van der Waals surface area (Å²) in [6.45, 7) is 0. The monoisotopic (exact) mass is 267 g/mol. The van der Waals surface area contributed by atoms with Crippen molar-refractivity contribution in [3.63, 3.8) is 0 Å². The zero-order chi connectivity index (χ0) is 14.0. The third-order valence-corrected chi connectivity index (χ3v) is 3.80. The van der Waals surface area contributed by atoms with Gasteiger partial charge in [-0.2, -0.15) is 0 Å². The minimum absolute atomic E-state index is 0.252. The summed E-state index contributed by atoms with van der Waals surface area (Å²) in [5, 5.41) is 10.5. The highest BCUT2D eigenvalue weighted by Gasteiger charge is 2.21. The van der Waals surface area contributed by atoms with E-state index in [1.165, 1.54) is 11.7 Å². The largest absolute Gasteiger partial charge is 0.361 e. The summed E-state index contributed by atoms with van der Waals surface area (Å²) < 4.78 is 2.26. The summed E-state index contributed by atoms with van der Waals surface area (Å²) >= 11 is 0. The molecule has 106 valence electrons.